The molecule has 1 heteroatoms. The van der Waals surface area contributed by atoms with Crippen LogP contribution in [0.2, 0.25) is 0 Å². The summed E-state index contributed by atoms with van der Waals surface area (Å²) >= 11 is 0. The molecule has 1 aromatic rings. The lowest BCUT2D eigenvalue weighted by Crippen LogP contribution is -2.46. The van der Waals surface area contributed by atoms with Gasteiger partial charge in [-0.1, -0.05) is 12.1 Å². The van der Waals surface area contributed by atoms with E-state index in [1.54, 1.807) is 0 Å². The third-order valence-corrected chi connectivity index (χ3v) is 2.96. The second kappa shape index (κ2) is 3.51. The molecular weight excluding hydrogens is 158 g/mol. The zero-order valence-corrected chi connectivity index (χ0v) is 9.33. The molecule has 0 aromatic heterocycles. The smallest absolute Gasteiger partial charge is 0.132 e. The zero-order chi connectivity index (χ0) is 10.1. The summed E-state index contributed by atoms with van der Waals surface area (Å²) < 4.78 is 0.946. The summed E-state index contributed by atoms with van der Waals surface area (Å²) in [6.45, 7) is 6.65. The normalized spacial score (nSPS) is 12.2. The molecule has 1 aromatic carbocycles. The van der Waals surface area contributed by atoms with Crippen molar-refractivity contribution >= 4 is 5.69 Å². The number of hydrogen-bond acceptors (Lipinski definition) is 0. The molecule has 0 aliphatic carbocycles. The molecule has 0 amide bonds. The van der Waals surface area contributed by atoms with Crippen molar-refractivity contribution in [1.29, 1.82) is 0 Å². The molecule has 0 fully saturated rings. The average Bonchev–Trinajstić information content (AvgIpc) is 2.04. The van der Waals surface area contributed by atoms with Crippen LogP contribution in [0.5, 0.6) is 0 Å². The van der Waals surface area contributed by atoms with Crippen LogP contribution in [-0.4, -0.2) is 20.1 Å². The second-order valence-corrected chi connectivity index (χ2v) is 4.47. The highest BCUT2D eigenvalue weighted by atomic mass is 15.3. The Morgan fingerprint density at radius 1 is 1.15 bits per heavy atom. The SMILES string of the molecule is Cc1cccc([N+](C)(C)C(C)C)c1. The average molecular weight is 178 g/mol. The number of nitrogens with zero attached hydrogens (tertiary/aromatic N) is 1. The minimum atomic E-state index is 0.613. The molecule has 0 spiro atoms. The van der Waals surface area contributed by atoms with Gasteiger partial charge in [-0.25, -0.2) is 0 Å². The molecule has 0 N–H and O–H groups in total. The maximum Gasteiger partial charge on any atom is 0.132 e. The predicted octanol–water partition coefficient (Wildman–Crippen LogP) is 2.97. The van der Waals surface area contributed by atoms with Gasteiger partial charge in [0, 0.05) is 6.07 Å². The van der Waals surface area contributed by atoms with E-state index in [2.05, 4.69) is 59.1 Å². The van der Waals surface area contributed by atoms with Crippen LogP contribution in [-0.2, 0) is 0 Å². The first-order chi connectivity index (χ1) is 5.94. The highest BCUT2D eigenvalue weighted by Crippen LogP contribution is 2.22. The quantitative estimate of drug-likeness (QED) is 0.611. The van der Waals surface area contributed by atoms with Gasteiger partial charge in [-0.2, -0.15) is 0 Å². The largest absolute Gasteiger partial charge is 0.294 e. The van der Waals surface area contributed by atoms with Gasteiger partial charge in [-0.05, 0) is 32.4 Å². The van der Waals surface area contributed by atoms with E-state index in [1.807, 2.05) is 0 Å². The second-order valence-electron chi connectivity index (χ2n) is 4.47. The van der Waals surface area contributed by atoms with E-state index in [4.69, 9.17) is 0 Å². The van der Waals surface area contributed by atoms with Crippen LogP contribution in [0.1, 0.15) is 19.4 Å². The van der Waals surface area contributed by atoms with Gasteiger partial charge in [-0.15, -0.1) is 0 Å². The molecule has 0 aliphatic heterocycles. The first-order valence-corrected chi connectivity index (χ1v) is 4.85. The van der Waals surface area contributed by atoms with E-state index < -0.39 is 0 Å². The molecule has 0 saturated heterocycles. The molecule has 13 heavy (non-hydrogen) atoms. The minimum absolute atomic E-state index is 0.613. The highest BCUT2D eigenvalue weighted by molar-refractivity contribution is 5.44. The molecule has 0 radical (unpaired) electrons. The molecule has 0 saturated carbocycles. The molecular formula is C12H20N+. The molecule has 0 heterocycles. The Morgan fingerprint density at radius 3 is 2.23 bits per heavy atom. The lowest BCUT2D eigenvalue weighted by atomic mass is 10.1. The van der Waals surface area contributed by atoms with Crippen LogP contribution < -0.4 is 4.48 Å². The van der Waals surface area contributed by atoms with E-state index in [-0.39, 0.29) is 0 Å². The predicted molar refractivity (Wildman–Crippen MR) is 60.0 cm³/mol. The number of rotatable bonds is 2. The van der Waals surface area contributed by atoms with E-state index in [1.165, 1.54) is 11.3 Å². The monoisotopic (exact) mass is 178 g/mol. The number of benzene rings is 1. The minimum Gasteiger partial charge on any atom is -0.294 e. The summed E-state index contributed by atoms with van der Waals surface area (Å²) in [5.41, 5.74) is 2.72. The van der Waals surface area contributed by atoms with E-state index in [0.717, 1.165) is 4.48 Å². The summed E-state index contributed by atoms with van der Waals surface area (Å²) in [5.74, 6) is 0. The molecule has 0 unspecified atom stereocenters. The van der Waals surface area contributed by atoms with Crippen molar-refractivity contribution in [3.8, 4) is 0 Å². The first kappa shape index (κ1) is 10.3. The van der Waals surface area contributed by atoms with Gasteiger partial charge in [0.1, 0.15) is 5.69 Å². The van der Waals surface area contributed by atoms with E-state index in [0.29, 0.717) is 6.04 Å². The van der Waals surface area contributed by atoms with E-state index >= 15 is 0 Å². The van der Waals surface area contributed by atoms with Crippen molar-refractivity contribution in [2.75, 3.05) is 14.1 Å². The van der Waals surface area contributed by atoms with Gasteiger partial charge in [0.15, 0.2) is 0 Å². The Hall–Kier alpha value is -0.820. The van der Waals surface area contributed by atoms with Gasteiger partial charge in [-0.3, -0.25) is 4.48 Å². The van der Waals surface area contributed by atoms with Gasteiger partial charge >= 0.3 is 0 Å². The summed E-state index contributed by atoms with van der Waals surface area (Å²) in [5, 5.41) is 0. The third kappa shape index (κ3) is 2.10. The Balaban J connectivity index is 3.07. The summed E-state index contributed by atoms with van der Waals surface area (Å²) in [6, 6.07) is 9.35. The van der Waals surface area contributed by atoms with Crippen molar-refractivity contribution in [2.45, 2.75) is 26.8 Å². The van der Waals surface area contributed by atoms with Crippen LogP contribution in [0, 0.1) is 6.92 Å². The molecule has 72 valence electrons. The fourth-order valence-corrected chi connectivity index (χ4v) is 1.28. The van der Waals surface area contributed by atoms with Crippen molar-refractivity contribution in [2.24, 2.45) is 0 Å². The van der Waals surface area contributed by atoms with Gasteiger partial charge in [0.05, 0.1) is 20.1 Å². The van der Waals surface area contributed by atoms with Crippen molar-refractivity contribution < 1.29 is 0 Å². The van der Waals surface area contributed by atoms with Crippen LogP contribution in [0.15, 0.2) is 24.3 Å². The highest BCUT2D eigenvalue weighted by Gasteiger charge is 2.22. The van der Waals surface area contributed by atoms with Gasteiger partial charge in [0.2, 0.25) is 0 Å². The standard InChI is InChI=1S/C12H20N/c1-10(2)13(4,5)12-8-6-7-11(3)9-12/h6-10H,1-5H3/q+1. The Bertz CT molecular complexity index is 287. The van der Waals surface area contributed by atoms with Crippen molar-refractivity contribution in [3.63, 3.8) is 0 Å². The fraction of sp³-hybridized carbons (Fsp3) is 0.500. The van der Waals surface area contributed by atoms with Crippen LogP contribution in [0.3, 0.4) is 0 Å². The maximum atomic E-state index is 2.26. The van der Waals surface area contributed by atoms with Crippen molar-refractivity contribution in [1.82, 2.24) is 4.48 Å². The zero-order valence-electron chi connectivity index (χ0n) is 9.33. The molecule has 1 nitrogen and oxygen atoms in total. The third-order valence-electron chi connectivity index (χ3n) is 2.96. The molecule has 0 aliphatic rings. The topological polar surface area (TPSA) is 0 Å². The Labute approximate surface area is 81.6 Å². The summed E-state index contributed by atoms with van der Waals surface area (Å²) in [4.78, 5) is 0. The van der Waals surface area contributed by atoms with Crippen LogP contribution >= 0.6 is 0 Å². The first-order valence-electron chi connectivity index (χ1n) is 4.85. The fourth-order valence-electron chi connectivity index (χ4n) is 1.28. The van der Waals surface area contributed by atoms with Gasteiger partial charge in [0.25, 0.3) is 0 Å². The number of aryl methyl sites for hydroxylation is 1. The van der Waals surface area contributed by atoms with E-state index in [9.17, 15) is 0 Å². The van der Waals surface area contributed by atoms with Crippen molar-refractivity contribution in [3.05, 3.63) is 29.8 Å². The summed E-state index contributed by atoms with van der Waals surface area (Å²) in [6.07, 6.45) is 0. The summed E-state index contributed by atoms with van der Waals surface area (Å²) in [7, 11) is 4.50. The number of hydrogen-bond donors (Lipinski definition) is 0. The Kier molecular flexibility index (Phi) is 2.77. The van der Waals surface area contributed by atoms with Crippen LogP contribution in [0.4, 0.5) is 5.69 Å². The van der Waals surface area contributed by atoms with Gasteiger partial charge < -0.3 is 0 Å². The molecule has 1 rings (SSSR count). The van der Waals surface area contributed by atoms with Crippen LogP contribution in [0.25, 0.3) is 0 Å². The molecule has 0 atom stereocenters. The maximum absolute atomic E-state index is 2.26. The number of quaternary nitrogens is 1. The lowest BCUT2D eigenvalue weighted by molar-refractivity contribution is 0.329. The Morgan fingerprint density at radius 2 is 1.77 bits per heavy atom. The lowest BCUT2D eigenvalue weighted by Gasteiger charge is -2.33. The molecule has 0 bridgehead atoms.